The summed E-state index contributed by atoms with van der Waals surface area (Å²) < 4.78 is 6.33. The normalized spacial score (nSPS) is 12.1. The molecule has 1 heterocycles. The van der Waals surface area contributed by atoms with Crippen LogP contribution >= 0.6 is 11.8 Å². The molecule has 0 saturated carbocycles. The highest BCUT2D eigenvalue weighted by atomic mass is 32.2. The summed E-state index contributed by atoms with van der Waals surface area (Å²) in [6, 6.07) is 9.68. The second-order valence-electron chi connectivity index (χ2n) is 3.59. The summed E-state index contributed by atoms with van der Waals surface area (Å²) in [6.45, 7) is 1.76. The molecule has 0 aliphatic carbocycles. The maximum Gasteiger partial charge on any atom is 0.318 e. The van der Waals surface area contributed by atoms with E-state index in [1.807, 2.05) is 30.3 Å². The smallest absolute Gasteiger partial charge is 0.318 e. The molecule has 6 heteroatoms. The van der Waals surface area contributed by atoms with E-state index in [2.05, 4.69) is 14.8 Å². The third-order valence-electron chi connectivity index (χ3n) is 2.31. The molecular formula is C12H13N3O2S. The second kappa shape index (κ2) is 5.68. The Bertz CT molecular complexity index is 527. The van der Waals surface area contributed by atoms with E-state index in [1.165, 1.54) is 18.9 Å². The number of carbonyl (C=O) groups is 1. The van der Waals surface area contributed by atoms with E-state index in [0.29, 0.717) is 5.16 Å². The molecule has 0 amide bonds. The molecule has 5 nitrogen and oxygen atoms in total. The van der Waals surface area contributed by atoms with Crippen LogP contribution in [0.3, 0.4) is 0 Å². The first-order valence-corrected chi connectivity index (χ1v) is 6.30. The van der Waals surface area contributed by atoms with E-state index >= 15 is 0 Å². The number of nitrogens with zero attached hydrogens (tertiary/aromatic N) is 3. The van der Waals surface area contributed by atoms with Gasteiger partial charge in [-0.1, -0.05) is 30.0 Å². The average Bonchev–Trinajstić information content (AvgIpc) is 2.87. The summed E-state index contributed by atoms with van der Waals surface area (Å²) in [6.07, 6.45) is 1.63. The molecule has 0 aliphatic heterocycles. The van der Waals surface area contributed by atoms with Crippen LogP contribution in [-0.2, 0) is 9.53 Å². The minimum absolute atomic E-state index is 0.281. The number of carbonyl (C=O) groups excluding carboxylic acids is 1. The monoisotopic (exact) mass is 263 g/mol. The molecule has 2 aromatic rings. The summed E-state index contributed by atoms with van der Waals surface area (Å²) in [5.74, 6) is -0.281. The molecule has 1 aromatic carbocycles. The second-order valence-corrected chi connectivity index (χ2v) is 4.90. The molecule has 0 unspecified atom stereocenters. The van der Waals surface area contributed by atoms with E-state index in [0.717, 1.165) is 5.69 Å². The Morgan fingerprint density at radius 3 is 2.78 bits per heavy atom. The van der Waals surface area contributed by atoms with Gasteiger partial charge in [0.05, 0.1) is 12.8 Å². The Morgan fingerprint density at radius 2 is 2.11 bits per heavy atom. The number of rotatable bonds is 4. The van der Waals surface area contributed by atoms with Gasteiger partial charge in [0.2, 0.25) is 5.16 Å². The van der Waals surface area contributed by atoms with Gasteiger partial charge in [-0.15, -0.1) is 5.10 Å². The van der Waals surface area contributed by atoms with Gasteiger partial charge in [-0.25, -0.2) is 9.67 Å². The fourth-order valence-electron chi connectivity index (χ4n) is 1.38. The van der Waals surface area contributed by atoms with Crippen molar-refractivity contribution in [3.63, 3.8) is 0 Å². The lowest BCUT2D eigenvalue weighted by atomic mass is 10.3. The van der Waals surface area contributed by atoms with Crippen molar-refractivity contribution in [3.05, 3.63) is 36.7 Å². The van der Waals surface area contributed by atoms with Crippen LogP contribution in [0, 0.1) is 0 Å². The molecular weight excluding hydrogens is 250 g/mol. The number of benzene rings is 1. The van der Waals surface area contributed by atoms with E-state index in [1.54, 1.807) is 17.9 Å². The highest BCUT2D eigenvalue weighted by Crippen LogP contribution is 2.20. The van der Waals surface area contributed by atoms with Crippen molar-refractivity contribution in [2.24, 2.45) is 0 Å². The van der Waals surface area contributed by atoms with Crippen molar-refractivity contribution in [3.8, 4) is 5.69 Å². The van der Waals surface area contributed by atoms with Crippen LogP contribution in [0.25, 0.3) is 5.69 Å². The largest absolute Gasteiger partial charge is 0.468 e. The number of para-hydroxylation sites is 1. The lowest BCUT2D eigenvalue weighted by molar-refractivity contribution is -0.139. The topological polar surface area (TPSA) is 57.0 Å². The van der Waals surface area contributed by atoms with Crippen molar-refractivity contribution in [2.45, 2.75) is 17.3 Å². The molecule has 0 aliphatic rings. The van der Waals surface area contributed by atoms with Gasteiger partial charge >= 0.3 is 5.97 Å². The van der Waals surface area contributed by atoms with Crippen LogP contribution in [0.5, 0.6) is 0 Å². The van der Waals surface area contributed by atoms with Crippen LogP contribution in [0.15, 0.2) is 41.8 Å². The molecule has 0 fully saturated rings. The van der Waals surface area contributed by atoms with Gasteiger partial charge in [0.15, 0.2) is 0 Å². The van der Waals surface area contributed by atoms with Crippen molar-refractivity contribution in [1.29, 1.82) is 0 Å². The van der Waals surface area contributed by atoms with Crippen LogP contribution in [0.1, 0.15) is 6.92 Å². The molecule has 0 spiro atoms. The molecule has 0 N–H and O–H groups in total. The number of thioether (sulfide) groups is 1. The number of esters is 1. The Labute approximate surface area is 109 Å². The van der Waals surface area contributed by atoms with Crippen molar-refractivity contribution in [2.75, 3.05) is 7.11 Å². The molecule has 2 rings (SSSR count). The summed E-state index contributed by atoms with van der Waals surface area (Å²) in [5.41, 5.74) is 0.933. The first kappa shape index (κ1) is 12.6. The molecule has 1 aromatic heterocycles. The quantitative estimate of drug-likeness (QED) is 0.623. The van der Waals surface area contributed by atoms with Gasteiger partial charge in [0.1, 0.15) is 11.6 Å². The predicted molar refractivity (Wildman–Crippen MR) is 68.7 cm³/mol. The maximum absolute atomic E-state index is 11.3. The third-order valence-corrected chi connectivity index (χ3v) is 3.25. The number of hydrogen-bond acceptors (Lipinski definition) is 5. The van der Waals surface area contributed by atoms with Gasteiger partial charge in [-0.2, -0.15) is 0 Å². The van der Waals surface area contributed by atoms with Gasteiger partial charge in [0, 0.05) is 0 Å². The Hall–Kier alpha value is -1.82. The van der Waals surface area contributed by atoms with Crippen molar-refractivity contribution >= 4 is 17.7 Å². The van der Waals surface area contributed by atoms with Crippen LogP contribution in [-0.4, -0.2) is 33.1 Å². The number of aromatic nitrogens is 3. The Balaban J connectivity index is 2.09. The van der Waals surface area contributed by atoms with Crippen molar-refractivity contribution < 1.29 is 9.53 Å². The summed E-state index contributed by atoms with van der Waals surface area (Å²) in [4.78, 5) is 15.4. The highest BCUT2D eigenvalue weighted by molar-refractivity contribution is 8.00. The van der Waals surface area contributed by atoms with Crippen molar-refractivity contribution in [1.82, 2.24) is 14.8 Å². The lowest BCUT2D eigenvalue weighted by Gasteiger charge is -2.04. The SMILES string of the molecule is COC(=O)[C@H](C)Sc1ncn(-c2ccccc2)n1. The maximum atomic E-state index is 11.3. The Kier molecular flexibility index (Phi) is 3.99. The van der Waals surface area contributed by atoms with Gasteiger partial charge in [0.25, 0.3) is 0 Å². The predicted octanol–water partition coefficient (Wildman–Crippen LogP) is 1.92. The number of ether oxygens (including phenoxy) is 1. The van der Waals surface area contributed by atoms with E-state index in [9.17, 15) is 4.79 Å². The van der Waals surface area contributed by atoms with Crippen LogP contribution < -0.4 is 0 Å². The van der Waals surface area contributed by atoms with Crippen LogP contribution in [0.4, 0.5) is 0 Å². The zero-order valence-electron chi connectivity index (χ0n) is 10.1. The molecule has 0 saturated heterocycles. The number of methoxy groups -OCH3 is 1. The van der Waals surface area contributed by atoms with Crippen LogP contribution in [0.2, 0.25) is 0 Å². The molecule has 94 valence electrons. The molecule has 1 atom stereocenters. The minimum Gasteiger partial charge on any atom is -0.468 e. The zero-order valence-corrected chi connectivity index (χ0v) is 10.9. The molecule has 18 heavy (non-hydrogen) atoms. The van der Waals surface area contributed by atoms with Gasteiger partial charge in [-0.3, -0.25) is 4.79 Å². The van der Waals surface area contributed by atoms with E-state index < -0.39 is 0 Å². The Morgan fingerprint density at radius 1 is 1.39 bits per heavy atom. The van der Waals surface area contributed by atoms with Gasteiger partial charge in [-0.05, 0) is 19.1 Å². The average molecular weight is 263 g/mol. The first-order chi connectivity index (χ1) is 8.70. The highest BCUT2D eigenvalue weighted by Gasteiger charge is 2.17. The third kappa shape index (κ3) is 2.89. The molecule has 0 bridgehead atoms. The number of hydrogen-bond donors (Lipinski definition) is 0. The van der Waals surface area contributed by atoms with E-state index in [-0.39, 0.29) is 11.2 Å². The lowest BCUT2D eigenvalue weighted by Crippen LogP contribution is -2.14. The first-order valence-electron chi connectivity index (χ1n) is 5.42. The summed E-state index contributed by atoms with van der Waals surface area (Å²) in [7, 11) is 1.37. The summed E-state index contributed by atoms with van der Waals surface area (Å²) >= 11 is 1.27. The summed E-state index contributed by atoms with van der Waals surface area (Å²) in [5, 5.41) is 4.53. The fourth-order valence-corrected chi connectivity index (χ4v) is 2.13. The van der Waals surface area contributed by atoms with E-state index in [4.69, 9.17) is 0 Å². The standard InChI is InChI=1S/C12H13N3O2S/c1-9(11(16)17-2)18-12-13-8-15(14-12)10-6-4-3-5-7-10/h3-9H,1-2H3/t9-/m0/s1. The fraction of sp³-hybridized carbons (Fsp3) is 0.250. The minimum atomic E-state index is -0.318. The molecule has 0 radical (unpaired) electrons. The van der Waals surface area contributed by atoms with Gasteiger partial charge < -0.3 is 4.74 Å². The zero-order chi connectivity index (χ0) is 13.0.